The number of rotatable bonds is 5. The Balaban J connectivity index is 1.92. The zero-order valence-corrected chi connectivity index (χ0v) is 13.4. The molecule has 0 aromatic heterocycles. The Morgan fingerprint density at radius 3 is 2.15 bits per heavy atom. The van der Waals surface area contributed by atoms with Gasteiger partial charge >= 0.3 is 11.9 Å². The smallest absolute Gasteiger partial charge is 0.343 e. The monoisotopic (exact) mass is 360 g/mol. The van der Waals surface area contributed by atoms with E-state index in [1.54, 1.807) is 0 Å². The van der Waals surface area contributed by atoms with E-state index in [4.69, 9.17) is 0 Å². The van der Waals surface area contributed by atoms with Crippen LogP contribution in [-0.2, 0) is 20.7 Å². The van der Waals surface area contributed by atoms with E-state index >= 15 is 0 Å². The van der Waals surface area contributed by atoms with Crippen LogP contribution in [-0.4, -0.2) is 43.6 Å². The van der Waals surface area contributed by atoms with Gasteiger partial charge in [-0.1, -0.05) is 12.1 Å². The average molecular weight is 360 g/mol. The van der Waals surface area contributed by atoms with Crippen molar-refractivity contribution in [2.45, 2.75) is 12.5 Å². The molecular weight excluding hydrogens is 344 g/mol. The van der Waals surface area contributed by atoms with Crippen LogP contribution in [0, 0.1) is 0 Å². The molecular formula is C18H16O8. The minimum absolute atomic E-state index is 0.227. The van der Waals surface area contributed by atoms with E-state index in [0.717, 1.165) is 6.08 Å². The van der Waals surface area contributed by atoms with Crippen LogP contribution in [0.5, 0.6) is 23.0 Å². The first kappa shape index (κ1) is 18.8. The van der Waals surface area contributed by atoms with Gasteiger partial charge in [0.2, 0.25) is 0 Å². The number of aromatic hydroxyl groups is 4. The van der Waals surface area contributed by atoms with Crippen LogP contribution < -0.4 is 0 Å². The predicted molar refractivity (Wildman–Crippen MR) is 89.4 cm³/mol. The molecule has 8 heteroatoms. The lowest BCUT2D eigenvalue weighted by atomic mass is 10.1. The minimum Gasteiger partial charge on any atom is -0.504 e. The molecule has 0 aliphatic rings. The Labute approximate surface area is 147 Å². The molecule has 0 saturated carbocycles. The summed E-state index contributed by atoms with van der Waals surface area (Å²) in [6, 6.07) is 7.61. The molecule has 0 fully saturated rings. The van der Waals surface area contributed by atoms with Crippen LogP contribution in [0.2, 0.25) is 0 Å². The highest BCUT2D eigenvalue weighted by Crippen LogP contribution is 2.26. The largest absolute Gasteiger partial charge is 0.504 e. The third-order valence-electron chi connectivity index (χ3n) is 3.35. The van der Waals surface area contributed by atoms with Gasteiger partial charge in [0, 0.05) is 12.5 Å². The third-order valence-corrected chi connectivity index (χ3v) is 3.35. The molecule has 136 valence electrons. The number of benzene rings is 2. The molecule has 2 aromatic rings. The van der Waals surface area contributed by atoms with Gasteiger partial charge in [-0.05, 0) is 41.5 Å². The Hall–Kier alpha value is -3.52. The fraction of sp³-hybridized carbons (Fsp3) is 0.111. The van der Waals surface area contributed by atoms with Crippen molar-refractivity contribution < 1.29 is 39.9 Å². The molecule has 0 bridgehead atoms. The summed E-state index contributed by atoms with van der Waals surface area (Å²) in [6.45, 7) is 0. The molecule has 0 amide bonds. The highest BCUT2D eigenvalue weighted by molar-refractivity contribution is 5.96. The highest BCUT2D eigenvalue weighted by Gasteiger charge is 2.20. The SMILES string of the molecule is O=C(C=Cc1ccc(O)c(O)c1)OC(=O)[C@H](O)Cc1ccc(O)c(O)c1. The summed E-state index contributed by atoms with van der Waals surface area (Å²) in [5.74, 6) is -3.64. The van der Waals surface area contributed by atoms with Crippen LogP contribution in [0.15, 0.2) is 42.5 Å². The van der Waals surface area contributed by atoms with Crippen molar-refractivity contribution in [2.24, 2.45) is 0 Å². The normalized spacial score (nSPS) is 12.0. The highest BCUT2D eigenvalue weighted by atomic mass is 16.6. The van der Waals surface area contributed by atoms with Crippen molar-refractivity contribution in [3.05, 3.63) is 53.6 Å². The van der Waals surface area contributed by atoms with Crippen LogP contribution in [0.3, 0.4) is 0 Å². The molecule has 8 nitrogen and oxygen atoms in total. The van der Waals surface area contributed by atoms with Gasteiger partial charge < -0.3 is 30.3 Å². The molecule has 2 rings (SSSR count). The second-order valence-electron chi connectivity index (χ2n) is 5.36. The molecule has 1 atom stereocenters. The van der Waals surface area contributed by atoms with Gasteiger partial charge in [-0.15, -0.1) is 0 Å². The summed E-state index contributed by atoms with van der Waals surface area (Å²) in [5.41, 5.74) is 0.733. The fourth-order valence-corrected chi connectivity index (χ4v) is 2.01. The molecule has 0 spiro atoms. The number of aliphatic hydroxyl groups excluding tert-OH is 1. The molecule has 0 aliphatic heterocycles. The maximum absolute atomic E-state index is 11.7. The first-order valence-corrected chi connectivity index (χ1v) is 7.41. The summed E-state index contributed by atoms with van der Waals surface area (Å²) in [5, 5.41) is 46.9. The zero-order chi connectivity index (χ0) is 19.3. The first-order chi connectivity index (χ1) is 12.3. The topological polar surface area (TPSA) is 145 Å². The predicted octanol–water partition coefficient (Wildman–Crippen LogP) is 1.20. The van der Waals surface area contributed by atoms with Crippen LogP contribution in [0.4, 0.5) is 0 Å². The molecule has 2 aromatic carbocycles. The van der Waals surface area contributed by atoms with Gasteiger partial charge in [0.25, 0.3) is 0 Å². The van der Waals surface area contributed by atoms with Crippen LogP contribution in [0.1, 0.15) is 11.1 Å². The Bertz CT molecular complexity index is 856. The zero-order valence-electron chi connectivity index (χ0n) is 13.4. The maximum atomic E-state index is 11.7. The summed E-state index contributed by atoms with van der Waals surface area (Å²) < 4.78 is 4.48. The van der Waals surface area contributed by atoms with Gasteiger partial charge in [-0.25, -0.2) is 9.59 Å². The van der Waals surface area contributed by atoms with E-state index in [1.807, 2.05) is 0 Å². The van der Waals surface area contributed by atoms with Gasteiger partial charge in [0.05, 0.1) is 0 Å². The summed E-state index contributed by atoms with van der Waals surface area (Å²) in [4.78, 5) is 23.3. The molecule has 26 heavy (non-hydrogen) atoms. The maximum Gasteiger partial charge on any atom is 0.343 e. The summed E-state index contributed by atoms with van der Waals surface area (Å²) in [7, 11) is 0. The molecule has 0 unspecified atom stereocenters. The van der Waals surface area contributed by atoms with Crippen molar-refractivity contribution in [1.29, 1.82) is 0 Å². The minimum atomic E-state index is -1.64. The number of hydrogen-bond donors (Lipinski definition) is 5. The van der Waals surface area contributed by atoms with Crippen LogP contribution in [0.25, 0.3) is 6.08 Å². The second-order valence-corrected chi connectivity index (χ2v) is 5.36. The standard InChI is InChI=1S/C18H16O8/c19-12-4-1-10(7-14(12)21)3-6-17(24)26-18(25)16(23)9-11-2-5-13(20)15(22)8-11/h1-8,16,19-23H,9H2/t16-/m1/s1. The Morgan fingerprint density at radius 2 is 1.54 bits per heavy atom. The van der Waals surface area contributed by atoms with Crippen molar-refractivity contribution in [2.75, 3.05) is 0 Å². The molecule has 0 aliphatic carbocycles. The number of esters is 2. The lowest BCUT2D eigenvalue weighted by Gasteiger charge is -2.09. The fourth-order valence-electron chi connectivity index (χ4n) is 2.01. The van der Waals surface area contributed by atoms with Gasteiger partial charge in [-0.3, -0.25) is 0 Å². The van der Waals surface area contributed by atoms with Crippen LogP contribution >= 0.6 is 0 Å². The molecule has 0 saturated heterocycles. The Kier molecular flexibility index (Phi) is 5.82. The first-order valence-electron chi connectivity index (χ1n) is 7.41. The number of carbonyl (C=O) groups excluding carboxylic acids is 2. The van der Waals surface area contributed by atoms with E-state index < -0.39 is 23.8 Å². The van der Waals surface area contributed by atoms with Crippen molar-refractivity contribution in [3.63, 3.8) is 0 Å². The number of phenols is 4. The van der Waals surface area contributed by atoms with E-state index in [2.05, 4.69) is 4.74 Å². The van der Waals surface area contributed by atoms with E-state index in [-0.39, 0.29) is 23.7 Å². The van der Waals surface area contributed by atoms with Crippen molar-refractivity contribution in [3.8, 4) is 23.0 Å². The van der Waals surface area contributed by atoms with Crippen molar-refractivity contribution in [1.82, 2.24) is 0 Å². The van der Waals surface area contributed by atoms with Gasteiger partial charge in [0.1, 0.15) is 0 Å². The van der Waals surface area contributed by atoms with Crippen molar-refractivity contribution >= 4 is 18.0 Å². The molecule has 0 radical (unpaired) electrons. The quantitative estimate of drug-likeness (QED) is 0.231. The lowest BCUT2D eigenvalue weighted by Crippen LogP contribution is -2.27. The number of phenolic OH excluding ortho intramolecular Hbond substituents is 4. The lowest BCUT2D eigenvalue weighted by molar-refractivity contribution is -0.162. The number of hydrogen-bond acceptors (Lipinski definition) is 8. The number of ether oxygens (including phenoxy) is 1. The summed E-state index contributed by atoms with van der Waals surface area (Å²) >= 11 is 0. The molecule has 5 N–H and O–H groups in total. The average Bonchev–Trinajstić information content (AvgIpc) is 2.59. The van der Waals surface area contributed by atoms with E-state index in [1.165, 1.54) is 42.5 Å². The van der Waals surface area contributed by atoms with E-state index in [9.17, 15) is 35.1 Å². The second kappa shape index (κ2) is 8.04. The number of carbonyl (C=O) groups is 2. The van der Waals surface area contributed by atoms with E-state index in [0.29, 0.717) is 11.1 Å². The van der Waals surface area contributed by atoms with Gasteiger partial charge in [0.15, 0.2) is 29.1 Å². The van der Waals surface area contributed by atoms with Gasteiger partial charge in [-0.2, -0.15) is 0 Å². The number of aliphatic hydroxyl groups is 1. The summed E-state index contributed by atoms with van der Waals surface area (Å²) in [6.07, 6.45) is 0.298. The third kappa shape index (κ3) is 4.99. The Morgan fingerprint density at radius 1 is 0.923 bits per heavy atom. The molecule has 0 heterocycles.